The van der Waals surface area contributed by atoms with Gasteiger partial charge in [0.15, 0.2) is 6.61 Å². The van der Waals surface area contributed by atoms with Crippen molar-refractivity contribution < 1.29 is 9.52 Å². The van der Waals surface area contributed by atoms with Gasteiger partial charge in [0.2, 0.25) is 5.89 Å². The molecule has 3 nitrogen and oxygen atoms in total. The van der Waals surface area contributed by atoms with Gasteiger partial charge in [-0.2, -0.15) is 0 Å². The van der Waals surface area contributed by atoms with Crippen LogP contribution in [0.3, 0.4) is 0 Å². The Hall–Kier alpha value is -0.830. The van der Waals surface area contributed by atoms with Crippen molar-refractivity contribution in [3.05, 3.63) is 17.3 Å². The Morgan fingerprint density at radius 2 is 2.22 bits per heavy atom. The molecular weight excluding hydrogens is 118 g/mol. The van der Waals surface area contributed by atoms with Crippen LogP contribution < -0.4 is 0 Å². The van der Waals surface area contributed by atoms with E-state index < -0.39 is 0 Å². The topological polar surface area (TPSA) is 45.9 Å². The van der Waals surface area contributed by atoms with Gasteiger partial charge in [-0.3, -0.25) is 0 Å². The second-order valence-corrected chi connectivity index (χ2v) is 1.89. The molecule has 49 valence electrons. The summed E-state index contributed by atoms with van der Waals surface area (Å²) in [5.74, 6) is 1.02. The molecule has 9 heavy (non-hydrogen) atoms. The third-order valence-electron chi connectivity index (χ3n) is 1.20. The van der Waals surface area contributed by atoms with Crippen molar-refractivity contribution in [2.75, 3.05) is 0 Å². The van der Waals surface area contributed by atoms with Crippen LogP contribution in [0.4, 0.5) is 0 Å². The fourth-order valence-corrected chi connectivity index (χ4v) is 0.601. The molecule has 1 rings (SSSR count). The van der Waals surface area contributed by atoms with Crippen molar-refractivity contribution in [2.24, 2.45) is 0 Å². The number of nitrogens with zero attached hydrogens (tertiary/aromatic N) is 1. The molecule has 0 amide bonds. The summed E-state index contributed by atoms with van der Waals surface area (Å²) in [7, 11) is 0. The van der Waals surface area contributed by atoms with Gasteiger partial charge >= 0.3 is 0 Å². The first-order valence-electron chi connectivity index (χ1n) is 2.75. The van der Waals surface area contributed by atoms with Crippen LogP contribution in [0.2, 0.25) is 0 Å². The van der Waals surface area contributed by atoms with Crippen LogP contribution in [0.15, 0.2) is 4.42 Å². The molecule has 0 aliphatic carbocycles. The number of aryl methyl sites for hydroxylation is 2. The summed E-state index contributed by atoms with van der Waals surface area (Å²) < 4.78 is 4.94. The second-order valence-electron chi connectivity index (χ2n) is 1.89. The molecule has 0 aliphatic rings. The Morgan fingerprint density at radius 1 is 1.56 bits per heavy atom. The fraction of sp³-hybridized carbons (Fsp3) is 0.500. The number of oxazole rings is 1. The average molecular weight is 126 g/mol. The Balaban J connectivity index is 2.98. The highest BCUT2D eigenvalue weighted by Crippen LogP contribution is 2.07. The van der Waals surface area contributed by atoms with Crippen molar-refractivity contribution in [2.45, 2.75) is 20.5 Å². The quantitative estimate of drug-likeness (QED) is 0.568. The summed E-state index contributed by atoms with van der Waals surface area (Å²) in [4.78, 5) is 3.85. The van der Waals surface area contributed by atoms with E-state index in [4.69, 9.17) is 4.42 Å². The van der Waals surface area contributed by atoms with E-state index in [1.54, 1.807) is 6.92 Å². The van der Waals surface area contributed by atoms with Crippen molar-refractivity contribution in [1.29, 1.82) is 0 Å². The summed E-state index contributed by atoms with van der Waals surface area (Å²) in [6, 6.07) is 0. The van der Waals surface area contributed by atoms with Gasteiger partial charge in [0.25, 0.3) is 0 Å². The maximum absolute atomic E-state index is 10.1. The molecule has 0 N–H and O–H groups in total. The van der Waals surface area contributed by atoms with Crippen LogP contribution in [-0.4, -0.2) is 4.98 Å². The predicted octanol–water partition coefficient (Wildman–Crippen LogP) is 1.22. The molecule has 0 spiro atoms. The molecule has 0 saturated heterocycles. The third-order valence-corrected chi connectivity index (χ3v) is 1.20. The molecule has 1 radical (unpaired) electrons. The SMILES string of the molecule is Cc1nc(C[O])oc1C. The van der Waals surface area contributed by atoms with Crippen LogP contribution in [0, 0.1) is 13.8 Å². The van der Waals surface area contributed by atoms with E-state index in [1.807, 2.05) is 6.92 Å². The molecule has 0 saturated carbocycles. The zero-order chi connectivity index (χ0) is 6.85. The molecular formula is C6H8NO2. The fourth-order valence-electron chi connectivity index (χ4n) is 0.601. The average Bonchev–Trinajstić information content (AvgIpc) is 2.13. The van der Waals surface area contributed by atoms with E-state index >= 15 is 0 Å². The van der Waals surface area contributed by atoms with E-state index in [-0.39, 0.29) is 12.5 Å². The van der Waals surface area contributed by atoms with Gasteiger partial charge in [0.1, 0.15) is 5.76 Å². The van der Waals surface area contributed by atoms with E-state index in [9.17, 15) is 5.11 Å². The van der Waals surface area contributed by atoms with E-state index in [1.165, 1.54) is 0 Å². The van der Waals surface area contributed by atoms with Crippen LogP contribution in [0.25, 0.3) is 0 Å². The maximum atomic E-state index is 10.1. The second kappa shape index (κ2) is 2.19. The summed E-state index contributed by atoms with van der Waals surface area (Å²) in [5, 5.41) is 10.1. The van der Waals surface area contributed by atoms with Gasteiger partial charge in [-0.25, -0.2) is 10.1 Å². The van der Waals surface area contributed by atoms with Crippen molar-refractivity contribution in [1.82, 2.24) is 4.98 Å². The molecule has 1 aromatic heterocycles. The minimum Gasteiger partial charge on any atom is -0.443 e. The highest BCUT2D eigenvalue weighted by molar-refractivity contribution is 5.04. The zero-order valence-corrected chi connectivity index (χ0v) is 5.47. The van der Waals surface area contributed by atoms with E-state index in [2.05, 4.69) is 4.98 Å². The lowest BCUT2D eigenvalue weighted by atomic mass is 10.4. The molecule has 0 unspecified atom stereocenters. The Kier molecular flexibility index (Phi) is 1.53. The predicted molar refractivity (Wildman–Crippen MR) is 30.4 cm³/mol. The number of hydrogen-bond donors (Lipinski definition) is 0. The van der Waals surface area contributed by atoms with Gasteiger partial charge in [-0.05, 0) is 13.8 Å². The Bertz CT molecular complexity index is 185. The van der Waals surface area contributed by atoms with E-state index in [0.29, 0.717) is 0 Å². The van der Waals surface area contributed by atoms with Crippen LogP contribution in [-0.2, 0) is 11.7 Å². The minimum absolute atomic E-state index is 0.282. The van der Waals surface area contributed by atoms with Gasteiger partial charge in [-0.1, -0.05) is 0 Å². The number of aromatic nitrogens is 1. The molecule has 3 heteroatoms. The Morgan fingerprint density at radius 3 is 2.44 bits per heavy atom. The monoisotopic (exact) mass is 126 g/mol. The molecule has 0 aliphatic heterocycles. The molecule has 1 aromatic rings. The van der Waals surface area contributed by atoms with Crippen molar-refractivity contribution in [3.8, 4) is 0 Å². The summed E-state index contributed by atoms with van der Waals surface area (Å²) in [6.45, 7) is 3.24. The lowest BCUT2D eigenvalue weighted by Gasteiger charge is -1.78. The maximum Gasteiger partial charge on any atom is 0.224 e. The first-order valence-corrected chi connectivity index (χ1v) is 2.75. The van der Waals surface area contributed by atoms with Crippen LogP contribution >= 0.6 is 0 Å². The minimum atomic E-state index is -0.366. The lowest BCUT2D eigenvalue weighted by molar-refractivity contribution is 0.149. The van der Waals surface area contributed by atoms with E-state index in [0.717, 1.165) is 11.5 Å². The summed E-state index contributed by atoms with van der Waals surface area (Å²) >= 11 is 0. The van der Waals surface area contributed by atoms with Crippen LogP contribution in [0.5, 0.6) is 0 Å². The molecule has 0 atom stereocenters. The third kappa shape index (κ3) is 1.10. The summed E-state index contributed by atoms with van der Waals surface area (Å²) in [6.07, 6.45) is 0. The highest BCUT2D eigenvalue weighted by atomic mass is 16.4. The molecule has 0 aromatic carbocycles. The summed E-state index contributed by atoms with van der Waals surface area (Å²) in [5.41, 5.74) is 0.806. The van der Waals surface area contributed by atoms with Gasteiger partial charge < -0.3 is 4.42 Å². The molecule has 0 fully saturated rings. The van der Waals surface area contributed by atoms with Gasteiger partial charge in [-0.15, -0.1) is 0 Å². The molecule has 0 bridgehead atoms. The molecule has 1 heterocycles. The van der Waals surface area contributed by atoms with Crippen LogP contribution in [0.1, 0.15) is 17.3 Å². The Labute approximate surface area is 53.3 Å². The lowest BCUT2D eigenvalue weighted by Crippen LogP contribution is -1.78. The largest absolute Gasteiger partial charge is 0.443 e. The van der Waals surface area contributed by atoms with Gasteiger partial charge in [0.05, 0.1) is 5.69 Å². The van der Waals surface area contributed by atoms with Crippen molar-refractivity contribution >= 4 is 0 Å². The number of rotatable bonds is 1. The first kappa shape index (κ1) is 6.29. The smallest absolute Gasteiger partial charge is 0.224 e. The highest BCUT2D eigenvalue weighted by Gasteiger charge is 2.02. The first-order chi connectivity index (χ1) is 4.24. The van der Waals surface area contributed by atoms with Gasteiger partial charge in [0, 0.05) is 0 Å². The zero-order valence-electron chi connectivity index (χ0n) is 5.47. The van der Waals surface area contributed by atoms with Crippen molar-refractivity contribution in [3.63, 3.8) is 0 Å². The number of hydrogen-bond acceptors (Lipinski definition) is 2. The normalized spacial score (nSPS) is 10.1. The standard InChI is InChI=1S/C6H8NO2/c1-4-5(2)9-6(3-8)7-4/h3H2,1-2H3.